The zero-order chi connectivity index (χ0) is 14.0. The van der Waals surface area contributed by atoms with Crippen LogP contribution in [0.3, 0.4) is 0 Å². The maximum atomic E-state index is 11.9. The molecule has 1 aromatic heterocycles. The summed E-state index contributed by atoms with van der Waals surface area (Å²) in [7, 11) is 3.52. The summed E-state index contributed by atoms with van der Waals surface area (Å²) in [6, 6.07) is 0. The second kappa shape index (κ2) is 5.30. The molecule has 0 bridgehead atoms. The van der Waals surface area contributed by atoms with E-state index in [4.69, 9.17) is 10.5 Å². The summed E-state index contributed by atoms with van der Waals surface area (Å²) in [5, 5.41) is 4.24. The highest BCUT2D eigenvalue weighted by Gasteiger charge is 2.46. The van der Waals surface area contributed by atoms with Crippen molar-refractivity contribution in [2.24, 2.45) is 12.8 Å². The molecule has 0 aromatic carbocycles. The van der Waals surface area contributed by atoms with Gasteiger partial charge in [-0.15, -0.1) is 0 Å². The molecule has 1 aliphatic rings. The van der Waals surface area contributed by atoms with E-state index < -0.39 is 5.54 Å². The number of carbonyl (C=O) groups excluding carboxylic acids is 1. The maximum Gasteiger partial charge on any atom is 0.240 e. The molecule has 1 amide bonds. The molecule has 0 radical (unpaired) electrons. The normalized spacial score (nSPS) is 23.9. The molecule has 2 rings (SSSR count). The monoisotopic (exact) mass is 266 g/mol. The van der Waals surface area contributed by atoms with Gasteiger partial charge in [0.1, 0.15) is 5.54 Å². The number of amides is 1. The lowest BCUT2D eigenvalue weighted by Gasteiger charge is -2.35. The largest absolute Gasteiger partial charge is 0.382 e. The van der Waals surface area contributed by atoms with Crippen molar-refractivity contribution < 1.29 is 9.53 Å². The SMILES string of the molecule is COCC1(C(N)=O)CCCN1Cc1cnn(C)c1C. The van der Waals surface area contributed by atoms with E-state index in [1.807, 2.05) is 24.9 Å². The number of ether oxygens (including phenoxy) is 1. The Morgan fingerprint density at radius 1 is 1.63 bits per heavy atom. The minimum atomic E-state index is -0.670. The lowest BCUT2D eigenvalue weighted by molar-refractivity contribution is -0.132. The topological polar surface area (TPSA) is 73.4 Å². The van der Waals surface area contributed by atoms with Gasteiger partial charge >= 0.3 is 0 Å². The number of methoxy groups -OCH3 is 1. The first-order valence-corrected chi connectivity index (χ1v) is 6.52. The van der Waals surface area contributed by atoms with Crippen molar-refractivity contribution in [2.45, 2.75) is 31.8 Å². The summed E-state index contributed by atoms with van der Waals surface area (Å²) in [6.45, 7) is 3.93. The zero-order valence-electron chi connectivity index (χ0n) is 11.8. The molecule has 0 aliphatic carbocycles. The number of nitrogens with two attached hydrogens (primary N) is 1. The van der Waals surface area contributed by atoms with Gasteiger partial charge in [0, 0.05) is 32.0 Å². The highest BCUT2D eigenvalue weighted by molar-refractivity contribution is 5.85. The molecule has 1 unspecified atom stereocenters. The van der Waals surface area contributed by atoms with Crippen LogP contribution in [0.25, 0.3) is 0 Å². The van der Waals surface area contributed by atoms with Crippen LogP contribution < -0.4 is 5.73 Å². The number of rotatable bonds is 5. The third kappa shape index (κ3) is 2.37. The standard InChI is InChI=1S/C13H22N4O2/c1-10-11(7-15-16(10)2)8-17-6-4-5-13(17,9-19-3)12(14)18/h7H,4-6,8-9H2,1-3H3,(H2,14,18). The minimum absolute atomic E-state index is 0.298. The highest BCUT2D eigenvalue weighted by Crippen LogP contribution is 2.31. The first kappa shape index (κ1) is 14.0. The summed E-state index contributed by atoms with van der Waals surface area (Å²) >= 11 is 0. The predicted molar refractivity (Wildman–Crippen MR) is 71.4 cm³/mol. The van der Waals surface area contributed by atoms with Crippen molar-refractivity contribution in [1.29, 1.82) is 0 Å². The summed E-state index contributed by atoms with van der Waals surface area (Å²) in [6.07, 6.45) is 3.58. The van der Waals surface area contributed by atoms with Gasteiger partial charge in [0.05, 0.1) is 12.8 Å². The lowest BCUT2D eigenvalue weighted by atomic mass is 9.96. The smallest absolute Gasteiger partial charge is 0.240 e. The third-order valence-corrected chi connectivity index (χ3v) is 4.16. The Bertz CT molecular complexity index is 471. The quantitative estimate of drug-likeness (QED) is 0.826. The number of likely N-dealkylation sites (tertiary alicyclic amines) is 1. The fourth-order valence-corrected chi connectivity index (χ4v) is 2.82. The van der Waals surface area contributed by atoms with E-state index in [-0.39, 0.29) is 5.91 Å². The van der Waals surface area contributed by atoms with Crippen molar-refractivity contribution in [1.82, 2.24) is 14.7 Å². The van der Waals surface area contributed by atoms with Gasteiger partial charge in [-0.1, -0.05) is 0 Å². The molecule has 0 spiro atoms. The van der Waals surface area contributed by atoms with Crippen LogP contribution in [0.1, 0.15) is 24.1 Å². The Kier molecular flexibility index (Phi) is 3.91. The number of hydrogen-bond acceptors (Lipinski definition) is 4. The van der Waals surface area contributed by atoms with Crippen molar-refractivity contribution in [2.75, 3.05) is 20.3 Å². The summed E-state index contributed by atoms with van der Waals surface area (Å²) < 4.78 is 7.07. The molecule has 19 heavy (non-hydrogen) atoms. The molecule has 6 nitrogen and oxygen atoms in total. The summed E-state index contributed by atoms with van der Waals surface area (Å²) in [5.41, 5.74) is 7.20. The Morgan fingerprint density at radius 3 is 2.89 bits per heavy atom. The predicted octanol–water partition coefficient (Wildman–Crippen LogP) is 0.195. The summed E-state index contributed by atoms with van der Waals surface area (Å²) in [5.74, 6) is -0.298. The van der Waals surface area contributed by atoms with E-state index >= 15 is 0 Å². The van der Waals surface area contributed by atoms with Gasteiger partial charge < -0.3 is 10.5 Å². The van der Waals surface area contributed by atoms with Crippen LogP contribution in [-0.4, -0.2) is 46.4 Å². The molecule has 106 valence electrons. The van der Waals surface area contributed by atoms with Gasteiger partial charge in [-0.2, -0.15) is 5.10 Å². The molecule has 1 aliphatic heterocycles. The fraction of sp³-hybridized carbons (Fsp3) is 0.692. The Hall–Kier alpha value is -1.40. The van der Waals surface area contributed by atoms with Gasteiger partial charge in [-0.25, -0.2) is 0 Å². The highest BCUT2D eigenvalue weighted by atomic mass is 16.5. The van der Waals surface area contributed by atoms with Crippen molar-refractivity contribution >= 4 is 5.91 Å². The Morgan fingerprint density at radius 2 is 2.37 bits per heavy atom. The number of carbonyl (C=O) groups is 1. The molecule has 2 heterocycles. The molecule has 6 heteroatoms. The summed E-state index contributed by atoms with van der Waals surface area (Å²) in [4.78, 5) is 14.0. The number of aromatic nitrogens is 2. The number of aryl methyl sites for hydroxylation is 1. The minimum Gasteiger partial charge on any atom is -0.382 e. The third-order valence-electron chi connectivity index (χ3n) is 4.16. The Labute approximate surface area is 113 Å². The zero-order valence-corrected chi connectivity index (χ0v) is 11.8. The number of nitrogens with zero attached hydrogens (tertiary/aromatic N) is 3. The molecular formula is C13H22N4O2. The molecule has 1 aromatic rings. The van der Waals surface area contributed by atoms with Crippen LogP contribution >= 0.6 is 0 Å². The van der Waals surface area contributed by atoms with E-state index in [2.05, 4.69) is 10.00 Å². The van der Waals surface area contributed by atoms with Crippen LogP contribution in [0.4, 0.5) is 0 Å². The van der Waals surface area contributed by atoms with Crippen LogP contribution in [0.15, 0.2) is 6.20 Å². The fourth-order valence-electron chi connectivity index (χ4n) is 2.82. The van der Waals surface area contributed by atoms with Gasteiger partial charge in [0.2, 0.25) is 5.91 Å². The van der Waals surface area contributed by atoms with E-state index in [1.54, 1.807) is 7.11 Å². The average molecular weight is 266 g/mol. The molecular weight excluding hydrogens is 244 g/mol. The first-order valence-electron chi connectivity index (χ1n) is 6.52. The average Bonchev–Trinajstić information content (AvgIpc) is 2.90. The second-order valence-electron chi connectivity index (χ2n) is 5.23. The molecule has 0 saturated carbocycles. The van der Waals surface area contributed by atoms with Gasteiger partial charge in [0.25, 0.3) is 0 Å². The van der Waals surface area contributed by atoms with Crippen molar-refractivity contribution in [3.05, 3.63) is 17.5 Å². The van der Waals surface area contributed by atoms with Crippen molar-refractivity contribution in [3.8, 4) is 0 Å². The molecule has 1 fully saturated rings. The van der Waals surface area contributed by atoms with E-state index in [0.29, 0.717) is 13.2 Å². The van der Waals surface area contributed by atoms with E-state index in [0.717, 1.165) is 30.6 Å². The molecule has 2 N–H and O–H groups in total. The van der Waals surface area contributed by atoms with Crippen LogP contribution in [0.5, 0.6) is 0 Å². The number of hydrogen-bond donors (Lipinski definition) is 1. The second-order valence-corrected chi connectivity index (χ2v) is 5.23. The first-order chi connectivity index (χ1) is 9.01. The van der Waals surface area contributed by atoms with Gasteiger partial charge in [0.15, 0.2) is 0 Å². The Balaban J connectivity index is 2.22. The van der Waals surface area contributed by atoms with Gasteiger partial charge in [-0.05, 0) is 26.3 Å². The van der Waals surface area contributed by atoms with E-state index in [1.165, 1.54) is 0 Å². The van der Waals surface area contributed by atoms with E-state index in [9.17, 15) is 4.79 Å². The maximum absolute atomic E-state index is 11.9. The van der Waals surface area contributed by atoms with Crippen molar-refractivity contribution in [3.63, 3.8) is 0 Å². The molecule has 1 saturated heterocycles. The van der Waals surface area contributed by atoms with Gasteiger partial charge in [-0.3, -0.25) is 14.4 Å². The molecule has 1 atom stereocenters. The van der Waals surface area contributed by atoms with Crippen LogP contribution in [0.2, 0.25) is 0 Å². The lowest BCUT2D eigenvalue weighted by Crippen LogP contribution is -2.56. The van der Waals surface area contributed by atoms with Crippen LogP contribution in [0, 0.1) is 6.92 Å². The number of primary amides is 1. The van der Waals surface area contributed by atoms with Crippen LogP contribution in [-0.2, 0) is 23.1 Å².